The molecule has 0 radical (unpaired) electrons. The lowest BCUT2D eigenvalue weighted by atomic mass is 9.85. The third-order valence-electron chi connectivity index (χ3n) is 5.03. The first kappa shape index (κ1) is 19.6. The summed E-state index contributed by atoms with van der Waals surface area (Å²) in [5.41, 5.74) is 0.682. The predicted octanol–water partition coefficient (Wildman–Crippen LogP) is 3.87. The van der Waals surface area contributed by atoms with Crippen LogP contribution in [-0.2, 0) is 4.79 Å². The first-order valence-electron chi connectivity index (χ1n) is 8.89. The van der Waals surface area contributed by atoms with Crippen molar-refractivity contribution in [2.24, 2.45) is 0 Å². The molecule has 3 heterocycles. The van der Waals surface area contributed by atoms with Crippen molar-refractivity contribution in [3.8, 4) is 0 Å². The van der Waals surface area contributed by atoms with E-state index in [1.165, 1.54) is 29.8 Å². The number of anilines is 1. The van der Waals surface area contributed by atoms with E-state index in [9.17, 15) is 22.4 Å². The maximum Gasteiger partial charge on any atom is 0.471 e. The van der Waals surface area contributed by atoms with Gasteiger partial charge in [0.25, 0.3) is 0 Å². The standard InChI is InChI=1S/C19H16F4N4OS/c20-12-3-1-11(2-4-12)13-5-7-27(9-15(13)26-18(28)19(21,22)23)16-14-6-8-29-17(14)25-10-24-16/h1-4,6,8,10,13,15H,5,7,9H2,(H,26,28). The second-order valence-corrected chi connectivity index (χ2v) is 7.70. The number of hydrogen-bond acceptors (Lipinski definition) is 5. The van der Waals surface area contributed by atoms with Crippen molar-refractivity contribution in [1.82, 2.24) is 15.3 Å². The van der Waals surface area contributed by atoms with Gasteiger partial charge in [-0.05, 0) is 35.6 Å². The number of carbonyl (C=O) groups is 1. The van der Waals surface area contributed by atoms with E-state index in [1.807, 2.05) is 16.3 Å². The Hall–Kier alpha value is -2.75. The molecule has 2 atom stereocenters. The quantitative estimate of drug-likeness (QED) is 0.649. The molecule has 1 aliphatic rings. The first-order valence-corrected chi connectivity index (χ1v) is 9.77. The molecule has 10 heteroatoms. The SMILES string of the molecule is O=C(NC1CN(c2ncnc3sccc23)CCC1c1ccc(F)cc1)C(F)(F)F. The molecule has 1 N–H and O–H groups in total. The molecule has 0 spiro atoms. The highest BCUT2D eigenvalue weighted by Gasteiger charge is 2.42. The Balaban J connectivity index is 1.64. The lowest BCUT2D eigenvalue weighted by molar-refractivity contribution is -0.174. The van der Waals surface area contributed by atoms with Gasteiger partial charge in [-0.25, -0.2) is 14.4 Å². The van der Waals surface area contributed by atoms with Crippen LogP contribution in [0.5, 0.6) is 0 Å². The monoisotopic (exact) mass is 424 g/mol. The summed E-state index contributed by atoms with van der Waals surface area (Å²) in [7, 11) is 0. The van der Waals surface area contributed by atoms with Crippen LogP contribution in [-0.4, -0.2) is 41.2 Å². The Labute approximate surface area is 167 Å². The summed E-state index contributed by atoms with van der Waals surface area (Å²) in [5, 5.41) is 4.81. The minimum atomic E-state index is -4.98. The molecule has 5 nitrogen and oxygen atoms in total. The molecule has 4 rings (SSSR count). The van der Waals surface area contributed by atoms with Crippen LogP contribution in [0.4, 0.5) is 23.4 Å². The fraction of sp³-hybridized carbons (Fsp3) is 0.316. The number of fused-ring (bicyclic) bond motifs is 1. The van der Waals surface area contributed by atoms with Crippen LogP contribution in [0.15, 0.2) is 42.0 Å². The van der Waals surface area contributed by atoms with Crippen LogP contribution in [0.25, 0.3) is 10.2 Å². The summed E-state index contributed by atoms with van der Waals surface area (Å²) in [4.78, 5) is 22.8. The van der Waals surface area contributed by atoms with E-state index in [4.69, 9.17) is 0 Å². The van der Waals surface area contributed by atoms with E-state index in [1.54, 1.807) is 12.1 Å². The number of amides is 1. The van der Waals surface area contributed by atoms with Gasteiger partial charge in [-0.3, -0.25) is 4.79 Å². The smallest absolute Gasteiger partial charge is 0.354 e. The minimum absolute atomic E-state index is 0.145. The first-order chi connectivity index (χ1) is 13.8. The summed E-state index contributed by atoms with van der Waals surface area (Å²) in [6.45, 7) is 0.675. The van der Waals surface area contributed by atoms with Crippen LogP contribution < -0.4 is 10.2 Å². The molecule has 1 amide bonds. The zero-order chi connectivity index (χ0) is 20.6. The third kappa shape index (κ3) is 4.02. The second kappa shape index (κ2) is 7.58. The third-order valence-corrected chi connectivity index (χ3v) is 5.85. The number of rotatable bonds is 3. The molecule has 2 unspecified atom stereocenters. The van der Waals surface area contributed by atoms with Crippen LogP contribution in [0.2, 0.25) is 0 Å². The zero-order valence-electron chi connectivity index (χ0n) is 15.0. The van der Waals surface area contributed by atoms with E-state index in [0.717, 1.165) is 10.2 Å². The Kier molecular flexibility index (Phi) is 5.12. The maximum absolute atomic E-state index is 13.3. The molecule has 0 bridgehead atoms. The molecular formula is C19H16F4N4OS. The zero-order valence-corrected chi connectivity index (χ0v) is 15.8. The number of alkyl halides is 3. The van der Waals surface area contributed by atoms with E-state index in [0.29, 0.717) is 24.3 Å². The fourth-order valence-corrected chi connectivity index (χ4v) is 4.41. The van der Waals surface area contributed by atoms with Crippen LogP contribution >= 0.6 is 11.3 Å². The number of nitrogens with zero attached hydrogens (tertiary/aromatic N) is 3. The molecule has 0 saturated carbocycles. The molecule has 0 aliphatic carbocycles. The van der Waals surface area contributed by atoms with Gasteiger partial charge in [-0.2, -0.15) is 13.2 Å². The Morgan fingerprint density at radius 3 is 2.66 bits per heavy atom. The molecule has 3 aromatic rings. The van der Waals surface area contributed by atoms with Crippen LogP contribution in [0.3, 0.4) is 0 Å². The summed E-state index contributed by atoms with van der Waals surface area (Å²) in [6.07, 6.45) is -3.08. The van der Waals surface area contributed by atoms with E-state index in [2.05, 4.69) is 15.3 Å². The number of piperidine rings is 1. The largest absolute Gasteiger partial charge is 0.471 e. The van der Waals surface area contributed by atoms with Gasteiger partial charge in [-0.15, -0.1) is 11.3 Å². The van der Waals surface area contributed by atoms with E-state index >= 15 is 0 Å². The van der Waals surface area contributed by atoms with Crippen molar-refractivity contribution in [2.75, 3.05) is 18.0 Å². The van der Waals surface area contributed by atoms with Gasteiger partial charge in [0.15, 0.2) is 0 Å². The summed E-state index contributed by atoms with van der Waals surface area (Å²) < 4.78 is 51.9. The van der Waals surface area contributed by atoms with Crippen molar-refractivity contribution < 1.29 is 22.4 Å². The summed E-state index contributed by atoms with van der Waals surface area (Å²) in [5.74, 6) is -2.17. The molecule has 1 saturated heterocycles. The maximum atomic E-state index is 13.3. The summed E-state index contributed by atoms with van der Waals surface area (Å²) >= 11 is 1.45. The second-order valence-electron chi connectivity index (χ2n) is 6.81. The highest BCUT2D eigenvalue weighted by molar-refractivity contribution is 7.16. The number of benzene rings is 1. The average molecular weight is 424 g/mol. The van der Waals surface area contributed by atoms with E-state index in [-0.39, 0.29) is 12.5 Å². The molecule has 1 aromatic carbocycles. The number of thiophene rings is 1. The van der Waals surface area contributed by atoms with Crippen molar-refractivity contribution in [3.05, 3.63) is 53.4 Å². The number of aromatic nitrogens is 2. The van der Waals surface area contributed by atoms with E-state index < -0.39 is 23.9 Å². The van der Waals surface area contributed by atoms with Gasteiger partial charge < -0.3 is 10.2 Å². The molecule has 1 aliphatic heterocycles. The van der Waals surface area contributed by atoms with Crippen molar-refractivity contribution in [2.45, 2.75) is 24.6 Å². The van der Waals surface area contributed by atoms with Gasteiger partial charge in [0.05, 0.1) is 11.4 Å². The van der Waals surface area contributed by atoms with Crippen molar-refractivity contribution >= 4 is 33.3 Å². The van der Waals surface area contributed by atoms with Gasteiger partial charge in [0.1, 0.15) is 22.8 Å². The van der Waals surface area contributed by atoms with Crippen LogP contribution in [0, 0.1) is 5.82 Å². The molecule has 1 fully saturated rings. The normalized spacial score (nSPS) is 20.1. The van der Waals surface area contributed by atoms with Gasteiger partial charge in [0.2, 0.25) is 0 Å². The Morgan fingerprint density at radius 2 is 1.93 bits per heavy atom. The highest BCUT2D eigenvalue weighted by atomic mass is 32.1. The Morgan fingerprint density at radius 1 is 1.17 bits per heavy atom. The molecule has 29 heavy (non-hydrogen) atoms. The number of halogens is 4. The predicted molar refractivity (Wildman–Crippen MR) is 101 cm³/mol. The number of nitrogens with one attached hydrogen (secondary N) is 1. The molecule has 2 aromatic heterocycles. The molecular weight excluding hydrogens is 408 g/mol. The van der Waals surface area contributed by atoms with Crippen molar-refractivity contribution in [3.63, 3.8) is 0 Å². The lowest BCUT2D eigenvalue weighted by Gasteiger charge is -2.40. The average Bonchev–Trinajstić information content (AvgIpc) is 3.17. The van der Waals surface area contributed by atoms with Gasteiger partial charge >= 0.3 is 12.1 Å². The van der Waals surface area contributed by atoms with Gasteiger partial charge in [-0.1, -0.05) is 12.1 Å². The number of carbonyl (C=O) groups excluding carboxylic acids is 1. The number of hydrogen-bond donors (Lipinski definition) is 1. The highest BCUT2D eigenvalue weighted by Crippen LogP contribution is 2.34. The molecule has 152 valence electrons. The minimum Gasteiger partial charge on any atom is -0.354 e. The Bertz CT molecular complexity index is 1020. The van der Waals surface area contributed by atoms with Crippen LogP contribution in [0.1, 0.15) is 17.9 Å². The fourth-order valence-electron chi connectivity index (χ4n) is 3.68. The van der Waals surface area contributed by atoms with Gasteiger partial charge in [0, 0.05) is 19.0 Å². The van der Waals surface area contributed by atoms with Crippen molar-refractivity contribution in [1.29, 1.82) is 0 Å². The topological polar surface area (TPSA) is 58.1 Å². The summed E-state index contributed by atoms with van der Waals surface area (Å²) in [6, 6.07) is 6.68. The lowest BCUT2D eigenvalue weighted by Crippen LogP contribution is -2.54.